The van der Waals surface area contributed by atoms with Crippen molar-refractivity contribution >= 4 is 5.65 Å². The lowest BCUT2D eigenvalue weighted by Gasteiger charge is -2.16. The van der Waals surface area contributed by atoms with Gasteiger partial charge in [-0.15, -0.1) is 10.2 Å². The SMILES string of the molecule is CN(C)Cc1cc(-c2cc3c(n4cnnc24)CCc2c(F)ccc4c2[C@H](CO4)CO3)n(C)n1. The van der Waals surface area contributed by atoms with E-state index in [1.54, 1.807) is 12.4 Å². The molecule has 8 nitrogen and oxygen atoms in total. The zero-order valence-corrected chi connectivity index (χ0v) is 18.9. The van der Waals surface area contributed by atoms with Crippen LogP contribution >= 0.6 is 0 Å². The second-order valence-electron chi connectivity index (χ2n) is 9.03. The van der Waals surface area contributed by atoms with Gasteiger partial charge in [-0.3, -0.25) is 9.08 Å². The third kappa shape index (κ3) is 3.26. The number of rotatable bonds is 3. The number of hydrogen-bond donors (Lipinski definition) is 0. The highest BCUT2D eigenvalue weighted by molar-refractivity contribution is 5.77. The highest BCUT2D eigenvalue weighted by Gasteiger charge is 2.32. The number of pyridine rings is 1. The minimum Gasteiger partial charge on any atom is -0.493 e. The third-order valence-electron chi connectivity index (χ3n) is 6.48. The Kier molecular flexibility index (Phi) is 4.62. The molecular formula is C24H25FN6O2. The molecule has 0 saturated carbocycles. The predicted octanol–water partition coefficient (Wildman–Crippen LogP) is 2.98. The lowest BCUT2D eigenvalue weighted by Crippen LogP contribution is -2.13. The van der Waals surface area contributed by atoms with E-state index in [0.29, 0.717) is 26.1 Å². The Balaban J connectivity index is 1.48. The van der Waals surface area contributed by atoms with E-state index in [9.17, 15) is 4.39 Å². The van der Waals surface area contributed by atoms with E-state index in [1.807, 2.05) is 36.3 Å². The van der Waals surface area contributed by atoms with Gasteiger partial charge in [0.25, 0.3) is 0 Å². The summed E-state index contributed by atoms with van der Waals surface area (Å²) >= 11 is 0. The summed E-state index contributed by atoms with van der Waals surface area (Å²) in [4.78, 5) is 2.08. The van der Waals surface area contributed by atoms with E-state index in [2.05, 4.69) is 26.3 Å². The molecule has 0 radical (unpaired) electrons. The lowest BCUT2D eigenvalue weighted by atomic mass is 9.93. The van der Waals surface area contributed by atoms with E-state index < -0.39 is 0 Å². The van der Waals surface area contributed by atoms with E-state index in [4.69, 9.17) is 9.47 Å². The number of fused-ring (bicyclic) bond motifs is 3. The van der Waals surface area contributed by atoms with Crippen molar-refractivity contribution in [1.82, 2.24) is 29.3 Å². The maximum atomic E-state index is 14.8. The molecule has 0 amide bonds. The predicted molar refractivity (Wildman–Crippen MR) is 120 cm³/mol. The molecule has 0 aliphatic carbocycles. The molecule has 6 rings (SSSR count). The molecule has 0 bridgehead atoms. The Morgan fingerprint density at radius 3 is 2.76 bits per heavy atom. The Bertz CT molecular complexity index is 1380. The van der Waals surface area contributed by atoms with Crippen LogP contribution in [0.15, 0.2) is 30.6 Å². The number of benzene rings is 1. The first-order valence-electron chi connectivity index (χ1n) is 11.1. The fraction of sp³-hybridized carbons (Fsp3) is 0.375. The monoisotopic (exact) mass is 448 g/mol. The van der Waals surface area contributed by atoms with E-state index >= 15 is 0 Å². The highest BCUT2D eigenvalue weighted by Crippen LogP contribution is 2.41. The standard InChI is InChI=1S/C24H25FN6O2/c1-29(2)10-15-8-20(30(3)28-15)17-9-22-19(31-13-26-27-24(17)31)6-4-16-18(25)5-7-21-23(16)14(11-32-21)12-33-22/h5,7-9,13-14H,4,6,10-12H2,1-3H3/t14-/m1/s1. The van der Waals surface area contributed by atoms with Gasteiger partial charge in [-0.25, -0.2) is 4.39 Å². The van der Waals surface area contributed by atoms with Crippen molar-refractivity contribution in [3.8, 4) is 22.8 Å². The molecule has 2 aliphatic heterocycles. The maximum Gasteiger partial charge on any atom is 0.170 e. The largest absolute Gasteiger partial charge is 0.493 e. The topological polar surface area (TPSA) is 69.7 Å². The number of halogens is 1. The van der Waals surface area contributed by atoms with Gasteiger partial charge in [0.1, 0.15) is 23.6 Å². The van der Waals surface area contributed by atoms with Crippen LogP contribution in [0, 0.1) is 5.82 Å². The zero-order chi connectivity index (χ0) is 22.7. The molecular weight excluding hydrogens is 423 g/mol. The summed E-state index contributed by atoms with van der Waals surface area (Å²) in [5.74, 6) is 1.34. The van der Waals surface area contributed by atoms with E-state index in [-0.39, 0.29) is 11.7 Å². The van der Waals surface area contributed by atoms with Gasteiger partial charge in [0.05, 0.1) is 36.2 Å². The van der Waals surface area contributed by atoms with Crippen molar-refractivity contribution in [2.24, 2.45) is 7.05 Å². The van der Waals surface area contributed by atoms with Gasteiger partial charge >= 0.3 is 0 Å². The smallest absolute Gasteiger partial charge is 0.170 e. The van der Waals surface area contributed by atoms with Crippen LogP contribution in [0.3, 0.4) is 0 Å². The number of ether oxygens (including phenoxy) is 2. The van der Waals surface area contributed by atoms with Gasteiger partial charge in [-0.05, 0) is 56.8 Å². The van der Waals surface area contributed by atoms with Crippen LogP contribution in [0.1, 0.15) is 28.4 Å². The Morgan fingerprint density at radius 1 is 1.12 bits per heavy atom. The minimum absolute atomic E-state index is 0.0000984. The third-order valence-corrected chi connectivity index (χ3v) is 6.48. The molecule has 5 heterocycles. The van der Waals surface area contributed by atoms with Gasteiger partial charge in [0.2, 0.25) is 0 Å². The molecule has 33 heavy (non-hydrogen) atoms. The van der Waals surface area contributed by atoms with Crippen LogP contribution in [0.2, 0.25) is 0 Å². The van der Waals surface area contributed by atoms with Crippen molar-refractivity contribution in [3.63, 3.8) is 0 Å². The molecule has 3 aromatic heterocycles. The quantitative estimate of drug-likeness (QED) is 0.480. The average Bonchev–Trinajstić information content (AvgIpc) is 3.50. The second-order valence-corrected chi connectivity index (χ2v) is 9.03. The van der Waals surface area contributed by atoms with Crippen LogP contribution in [0.25, 0.3) is 16.9 Å². The first-order valence-corrected chi connectivity index (χ1v) is 11.1. The second kappa shape index (κ2) is 7.55. The van der Waals surface area contributed by atoms with Gasteiger partial charge in [-0.2, -0.15) is 5.10 Å². The first-order chi connectivity index (χ1) is 16.0. The molecule has 0 unspecified atom stereocenters. The number of nitrogens with zero attached hydrogens (tertiary/aromatic N) is 6. The first kappa shape index (κ1) is 20.2. The lowest BCUT2D eigenvalue weighted by molar-refractivity contribution is 0.246. The summed E-state index contributed by atoms with van der Waals surface area (Å²) in [6.07, 6.45) is 2.86. The van der Waals surface area contributed by atoms with Crippen molar-refractivity contribution in [1.29, 1.82) is 0 Å². The molecule has 9 heteroatoms. The molecule has 1 atom stereocenters. The summed E-state index contributed by atoms with van der Waals surface area (Å²) in [7, 11) is 5.97. The molecule has 170 valence electrons. The van der Waals surface area contributed by atoms with E-state index in [1.165, 1.54) is 6.07 Å². The van der Waals surface area contributed by atoms with Gasteiger partial charge in [0.15, 0.2) is 5.65 Å². The Morgan fingerprint density at radius 2 is 1.94 bits per heavy atom. The van der Waals surface area contributed by atoms with Gasteiger partial charge in [-0.1, -0.05) is 0 Å². The average molecular weight is 449 g/mol. The normalized spacial score (nSPS) is 17.2. The van der Waals surface area contributed by atoms with Gasteiger partial charge < -0.3 is 14.4 Å². The number of aromatic nitrogens is 5. The van der Waals surface area contributed by atoms with Crippen molar-refractivity contribution < 1.29 is 13.9 Å². The summed E-state index contributed by atoms with van der Waals surface area (Å²) in [6.45, 7) is 1.66. The molecule has 0 spiro atoms. The maximum absolute atomic E-state index is 14.8. The van der Waals surface area contributed by atoms with Crippen LogP contribution in [0.4, 0.5) is 4.39 Å². The summed E-state index contributed by atoms with van der Waals surface area (Å²) in [5, 5.41) is 13.3. The molecule has 2 aliphatic rings. The van der Waals surface area contributed by atoms with Crippen molar-refractivity contribution in [3.05, 3.63) is 58.9 Å². The fourth-order valence-corrected chi connectivity index (χ4v) is 5.03. The van der Waals surface area contributed by atoms with Crippen LogP contribution in [0.5, 0.6) is 11.5 Å². The van der Waals surface area contributed by atoms with Crippen molar-refractivity contribution in [2.75, 3.05) is 27.3 Å². The number of aryl methyl sites for hydroxylation is 2. The number of hydrogen-bond acceptors (Lipinski definition) is 6. The Labute approximate surface area is 190 Å². The van der Waals surface area contributed by atoms with E-state index in [0.717, 1.165) is 57.5 Å². The van der Waals surface area contributed by atoms with Crippen molar-refractivity contribution in [2.45, 2.75) is 25.3 Å². The van der Waals surface area contributed by atoms with Crippen LogP contribution in [-0.4, -0.2) is 56.6 Å². The molecule has 1 aromatic carbocycles. The summed E-state index contributed by atoms with van der Waals surface area (Å²) in [5.41, 5.74) is 6.15. The minimum atomic E-state index is -0.187. The summed E-state index contributed by atoms with van der Waals surface area (Å²) < 4.78 is 30.9. The molecule has 0 fully saturated rings. The van der Waals surface area contributed by atoms with Crippen LogP contribution in [-0.2, 0) is 26.4 Å². The zero-order valence-electron chi connectivity index (χ0n) is 18.9. The van der Waals surface area contributed by atoms with Gasteiger partial charge in [0, 0.05) is 24.7 Å². The molecule has 0 N–H and O–H groups in total. The highest BCUT2D eigenvalue weighted by atomic mass is 19.1. The summed E-state index contributed by atoms with van der Waals surface area (Å²) in [6, 6.07) is 7.33. The molecule has 0 saturated heterocycles. The molecule has 4 aromatic rings. The fourth-order valence-electron chi connectivity index (χ4n) is 5.03. The Hall–Kier alpha value is -3.46. The van der Waals surface area contributed by atoms with Crippen LogP contribution < -0.4 is 9.47 Å².